The van der Waals surface area contributed by atoms with Gasteiger partial charge in [0, 0.05) is 18.6 Å². The van der Waals surface area contributed by atoms with Gasteiger partial charge >= 0.3 is 5.69 Å². The molecule has 0 spiro atoms. The predicted octanol–water partition coefficient (Wildman–Crippen LogP) is 0.599. The topological polar surface area (TPSA) is 121 Å². The molecule has 8 heteroatoms. The molecular formula is C11H16N4O4. The molecule has 3 N–H and O–H groups in total. The Kier molecular flexibility index (Phi) is 4.10. The van der Waals surface area contributed by atoms with Crippen LogP contribution in [0.1, 0.15) is 36.2 Å². The van der Waals surface area contributed by atoms with Crippen molar-refractivity contribution in [3.05, 3.63) is 22.0 Å². The highest BCUT2D eigenvalue weighted by Gasteiger charge is 2.29. The highest BCUT2D eigenvalue weighted by atomic mass is 16.6. The van der Waals surface area contributed by atoms with Crippen LogP contribution in [0.4, 0.5) is 5.69 Å². The average molecular weight is 268 g/mol. The number of amides is 1. The number of aromatic amines is 1. The van der Waals surface area contributed by atoms with Crippen LogP contribution < -0.4 is 5.32 Å². The molecule has 2 unspecified atom stereocenters. The highest BCUT2D eigenvalue weighted by molar-refractivity contribution is 5.96. The minimum absolute atomic E-state index is 0.00994. The number of carbonyl (C=O) groups excluding carboxylic acids is 1. The van der Waals surface area contributed by atoms with Crippen molar-refractivity contribution in [2.45, 2.75) is 31.7 Å². The van der Waals surface area contributed by atoms with Crippen LogP contribution in [-0.2, 0) is 0 Å². The summed E-state index contributed by atoms with van der Waals surface area (Å²) < 4.78 is 0. The maximum Gasteiger partial charge on any atom is 0.319 e. The third-order valence-corrected chi connectivity index (χ3v) is 3.50. The molecule has 1 heterocycles. The lowest BCUT2D eigenvalue weighted by Gasteiger charge is -2.30. The Hall–Kier alpha value is -1.96. The number of hydrogen-bond acceptors (Lipinski definition) is 5. The van der Waals surface area contributed by atoms with Crippen LogP contribution in [0.3, 0.4) is 0 Å². The van der Waals surface area contributed by atoms with Crippen molar-refractivity contribution in [2.24, 2.45) is 5.92 Å². The van der Waals surface area contributed by atoms with Crippen LogP contribution in [0.25, 0.3) is 0 Å². The van der Waals surface area contributed by atoms with Gasteiger partial charge in [-0.05, 0) is 12.8 Å². The van der Waals surface area contributed by atoms with E-state index in [4.69, 9.17) is 0 Å². The number of hydrogen-bond donors (Lipinski definition) is 3. The Balaban J connectivity index is 2.07. The molecule has 1 amide bonds. The lowest BCUT2D eigenvalue weighted by Crippen LogP contribution is -2.43. The van der Waals surface area contributed by atoms with E-state index in [1.807, 2.05) is 0 Å². The molecule has 2 atom stereocenters. The second-order valence-electron chi connectivity index (χ2n) is 4.69. The number of aliphatic hydroxyl groups excluding tert-OH is 1. The van der Waals surface area contributed by atoms with Gasteiger partial charge in [-0.1, -0.05) is 12.8 Å². The Morgan fingerprint density at radius 3 is 3.00 bits per heavy atom. The van der Waals surface area contributed by atoms with E-state index >= 15 is 0 Å². The standard InChI is InChI=1S/C11H16N4O4/c16-6-7-3-1-2-4-8(7)13-11(17)10-9(15(18)19)5-12-14-10/h5,7-8,16H,1-4,6H2,(H,12,14)(H,13,17). The smallest absolute Gasteiger partial charge is 0.319 e. The molecule has 1 saturated carbocycles. The summed E-state index contributed by atoms with van der Waals surface area (Å²) in [7, 11) is 0. The Bertz CT molecular complexity index is 473. The van der Waals surface area contributed by atoms with Gasteiger partial charge in [-0.15, -0.1) is 0 Å². The summed E-state index contributed by atoms with van der Waals surface area (Å²) in [5.74, 6) is -0.533. The summed E-state index contributed by atoms with van der Waals surface area (Å²) in [6.45, 7) is 0.00994. The van der Waals surface area contributed by atoms with Gasteiger partial charge < -0.3 is 10.4 Å². The number of nitrogens with one attached hydrogen (secondary N) is 2. The van der Waals surface area contributed by atoms with Gasteiger partial charge in [0.05, 0.1) is 4.92 Å². The van der Waals surface area contributed by atoms with E-state index < -0.39 is 10.8 Å². The number of aromatic nitrogens is 2. The number of nitro groups is 1. The van der Waals surface area contributed by atoms with E-state index in [2.05, 4.69) is 15.5 Å². The Morgan fingerprint density at radius 2 is 2.32 bits per heavy atom. The van der Waals surface area contributed by atoms with Crippen LogP contribution in [0.2, 0.25) is 0 Å². The highest BCUT2D eigenvalue weighted by Crippen LogP contribution is 2.24. The zero-order valence-corrected chi connectivity index (χ0v) is 10.3. The van der Waals surface area contributed by atoms with Crippen LogP contribution in [-0.4, -0.2) is 38.8 Å². The summed E-state index contributed by atoms with van der Waals surface area (Å²) >= 11 is 0. The number of rotatable bonds is 4. The second-order valence-corrected chi connectivity index (χ2v) is 4.69. The molecule has 1 aliphatic rings. The van der Waals surface area contributed by atoms with E-state index in [0.717, 1.165) is 31.9 Å². The van der Waals surface area contributed by atoms with Crippen molar-refractivity contribution >= 4 is 11.6 Å². The maximum absolute atomic E-state index is 12.0. The monoisotopic (exact) mass is 268 g/mol. The lowest BCUT2D eigenvalue weighted by molar-refractivity contribution is -0.385. The summed E-state index contributed by atoms with van der Waals surface area (Å²) in [5, 5.41) is 28.6. The van der Waals surface area contributed by atoms with Crippen molar-refractivity contribution in [2.75, 3.05) is 6.61 Å². The van der Waals surface area contributed by atoms with Gasteiger partial charge in [-0.3, -0.25) is 20.0 Å². The van der Waals surface area contributed by atoms with Crippen LogP contribution in [0, 0.1) is 16.0 Å². The molecule has 0 aromatic carbocycles. The van der Waals surface area contributed by atoms with E-state index in [-0.39, 0.29) is 29.9 Å². The van der Waals surface area contributed by atoms with Gasteiger partial charge in [0.2, 0.25) is 5.69 Å². The first-order valence-electron chi connectivity index (χ1n) is 6.23. The minimum Gasteiger partial charge on any atom is -0.396 e. The molecule has 2 rings (SSSR count). The SMILES string of the molecule is O=C(NC1CCCCC1CO)c1[nH]ncc1[N+](=O)[O-]. The minimum atomic E-state index is -0.650. The van der Waals surface area contributed by atoms with E-state index in [9.17, 15) is 20.0 Å². The molecule has 0 radical (unpaired) electrons. The molecule has 0 saturated heterocycles. The second kappa shape index (κ2) is 5.79. The third kappa shape index (κ3) is 2.90. The Labute approximate surface area is 109 Å². The van der Waals surface area contributed by atoms with Crippen LogP contribution in [0.15, 0.2) is 6.20 Å². The van der Waals surface area contributed by atoms with Gasteiger partial charge in [0.15, 0.2) is 0 Å². The molecule has 1 aromatic rings. The summed E-state index contributed by atoms with van der Waals surface area (Å²) in [6.07, 6.45) is 4.65. The average Bonchev–Trinajstić information content (AvgIpc) is 2.88. The fourth-order valence-electron chi connectivity index (χ4n) is 2.44. The zero-order valence-electron chi connectivity index (χ0n) is 10.3. The third-order valence-electron chi connectivity index (χ3n) is 3.50. The first-order valence-corrected chi connectivity index (χ1v) is 6.23. The summed E-state index contributed by atoms with van der Waals surface area (Å²) in [5.41, 5.74) is -0.485. The maximum atomic E-state index is 12.0. The van der Waals surface area contributed by atoms with Crippen molar-refractivity contribution in [3.8, 4) is 0 Å². The van der Waals surface area contributed by atoms with E-state index in [1.54, 1.807) is 0 Å². The number of carbonyl (C=O) groups is 1. The molecule has 19 heavy (non-hydrogen) atoms. The molecular weight excluding hydrogens is 252 g/mol. The Morgan fingerprint density at radius 1 is 1.58 bits per heavy atom. The van der Waals surface area contributed by atoms with Gasteiger partial charge in [0.25, 0.3) is 5.91 Å². The van der Waals surface area contributed by atoms with Crippen molar-refractivity contribution in [1.82, 2.24) is 15.5 Å². The fourth-order valence-corrected chi connectivity index (χ4v) is 2.44. The van der Waals surface area contributed by atoms with Crippen molar-refractivity contribution < 1.29 is 14.8 Å². The molecule has 8 nitrogen and oxygen atoms in total. The predicted molar refractivity (Wildman–Crippen MR) is 65.5 cm³/mol. The first-order chi connectivity index (χ1) is 9.13. The summed E-state index contributed by atoms with van der Waals surface area (Å²) in [4.78, 5) is 22.1. The molecule has 104 valence electrons. The number of aliphatic hydroxyl groups is 1. The number of H-pyrrole nitrogens is 1. The van der Waals surface area contributed by atoms with Gasteiger partial charge in [-0.2, -0.15) is 5.10 Å². The lowest BCUT2D eigenvalue weighted by atomic mass is 9.85. The quantitative estimate of drug-likeness (QED) is 0.545. The first kappa shape index (κ1) is 13.5. The van der Waals surface area contributed by atoms with Crippen LogP contribution in [0.5, 0.6) is 0 Å². The van der Waals surface area contributed by atoms with Gasteiger partial charge in [0.1, 0.15) is 6.20 Å². The molecule has 0 bridgehead atoms. The van der Waals surface area contributed by atoms with E-state index in [0.29, 0.717) is 0 Å². The van der Waals surface area contributed by atoms with Crippen molar-refractivity contribution in [3.63, 3.8) is 0 Å². The molecule has 1 aromatic heterocycles. The fraction of sp³-hybridized carbons (Fsp3) is 0.636. The molecule has 1 fully saturated rings. The van der Waals surface area contributed by atoms with Crippen molar-refractivity contribution in [1.29, 1.82) is 0 Å². The normalized spacial score (nSPS) is 23.0. The van der Waals surface area contributed by atoms with Gasteiger partial charge in [-0.25, -0.2) is 0 Å². The summed E-state index contributed by atoms with van der Waals surface area (Å²) in [6, 6.07) is -0.144. The molecule has 0 aliphatic heterocycles. The largest absolute Gasteiger partial charge is 0.396 e. The van der Waals surface area contributed by atoms with E-state index in [1.165, 1.54) is 0 Å². The van der Waals surface area contributed by atoms with Crippen LogP contribution >= 0.6 is 0 Å². The number of nitrogens with zero attached hydrogens (tertiary/aromatic N) is 2. The molecule has 1 aliphatic carbocycles. The zero-order chi connectivity index (χ0) is 13.8.